The maximum Gasteiger partial charge on any atom is 0.244 e. The van der Waals surface area contributed by atoms with Gasteiger partial charge in [0.2, 0.25) is 5.95 Å². The fourth-order valence-corrected chi connectivity index (χ4v) is 0.507. The molecule has 0 spiro atoms. The molecule has 9 heavy (non-hydrogen) atoms. The molecule has 0 fully saturated rings. The number of anilines is 1. The third-order valence-electron chi connectivity index (χ3n) is 1.03. The summed E-state index contributed by atoms with van der Waals surface area (Å²) in [5, 5.41) is 6.57. The van der Waals surface area contributed by atoms with E-state index in [4.69, 9.17) is 5.84 Å². The Bertz CT molecular complexity index is 183. The highest BCUT2D eigenvalue weighted by molar-refractivity contribution is 5.20. The second-order valence-electron chi connectivity index (χ2n) is 1.68. The van der Waals surface area contributed by atoms with Gasteiger partial charge in [-0.3, -0.25) is 0 Å². The molecule has 1 rings (SSSR count). The maximum atomic E-state index is 5.32. The van der Waals surface area contributed by atoms with Gasteiger partial charge in [-0.25, -0.2) is 0 Å². The Kier molecular flexibility index (Phi) is 1.26. The normalized spacial score (nSPS) is 9.56. The summed E-state index contributed by atoms with van der Waals surface area (Å²) in [4.78, 5) is 5.17. The number of nitrogens with zero attached hydrogens (tertiary/aromatic N) is 3. The average Bonchev–Trinajstić information content (AvgIpc) is 2.13. The summed E-state index contributed by atoms with van der Waals surface area (Å²) in [5.74, 6) is 6.56. The summed E-state index contributed by atoms with van der Waals surface area (Å²) >= 11 is 0. The van der Waals surface area contributed by atoms with Gasteiger partial charge < -0.3 is 11.2 Å². The van der Waals surface area contributed by atoms with Crippen LogP contribution in [0.4, 0.5) is 5.95 Å². The van der Waals surface area contributed by atoms with Gasteiger partial charge in [-0.15, -0.1) is 5.10 Å². The van der Waals surface area contributed by atoms with Crippen molar-refractivity contribution in [2.45, 2.75) is 6.92 Å². The Hall–Kier alpha value is -1.26. The van der Waals surface area contributed by atoms with Crippen molar-refractivity contribution < 1.29 is 0 Å². The zero-order valence-electron chi connectivity index (χ0n) is 5.42. The molecule has 0 aliphatic rings. The Balaban J connectivity index is 2.98. The van der Waals surface area contributed by atoms with Crippen molar-refractivity contribution in [1.29, 1.82) is 0 Å². The third kappa shape index (κ3) is 0.933. The molecule has 5 nitrogen and oxygen atoms in total. The first-order valence-corrected chi connectivity index (χ1v) is 2.60. The molecule has 0 aliphatic carbocycles. The molecule has 0 unspecified atom stereocenters. The molecule has 0 aromatic carbocycles. The summed E-state index contributed by atoms with van der Waals surface area (Å²) in [6, 6.07) is 0. The molecule has 1 aromatic heterocycles. The highest BCUT2D eigenvalue weighted by Crippen LogP contribution is 1.95. The maximum absolute atomic E-state index is 5.32. The average molecular weight is 127 g/mol. The number of hydrogen-bond acceptors (Lipinski definition) is 4. The van der Waals surface area contributed by atoms with Crippen LogP contribution in [0.15, 0.2) is 0 Å². The summed E-state index contributed by atoms with van der Waals surface area (Å²) in [6.07, 6.45) is 0. The van der Waals surface area contributed by atoms with Gasteiger partial charge >= 0.3 is 0 Å². The number of nitrogens with two attached hydrogens (primary N) is 1. The van der Waals surface area contributed by atoms with Crippen molar-refractivity contribution in [1.82, 2.24) is 14.9 Å². The van der Waals surface area contributed by atoms with E-state index in [-0.39, 0.29) is 0 Å². The number of hydrogen-bond donors (Lipinski definition) is 2. The van der Waals surface area contributed by atoms with Crippen molar-refractivity contribution in [2.24, 2.45) is 0 Å². The van der Waals surface area contributed by atoms with E-state index in [2.05, 4.69) is 15.4 Å². The molecule has 3 N–H and O–H groups in total. The van der Waals surface area contributed by atoms with E-state index in [0.29, 0.717) is 11.8 Å². The van der Waals surface area contributed by atoms with Crippen LogP contribution >= 0.6 is 0 Å². The lowest BCUT2D eigenvalue weighted by Gasteiger charge is -1.86. The van der Waals surface area contributed by atoms with Crippen LogP contribution in [-0.4, -0.2) is 21.9 Å². The van der Waals surface area contributed by atoms with Crippen LogP contribution in [-0.2, 0) is 0 Å². The Morgan fingerprint density at radius 1 is 1.67 bits per heavy atom. The summed E-state index contributed by atoms with van der Waals surface area (Å²) in [5.41, 5.74) is 0. The van der Waals surface area contributed by atoms with Gasteiger partial charge in [-0.05, 0) is 6.92 Å². The van der Waals surface area contributed by atoms with Crippen LogP contribution in [0.2, 0.25) is 0 Å². The van der Waals surface area contributed by atoms with Crippen molar-refractivity contribution in [3.63, 3.8) is 0 Å². The van der Waals surface area contributed by atoms with Crippen LogP contribution in [0.1, 0.15) is 5.82 Å². The van der Waals surface area contributed by atoms with Crippen molar-refractivity contribution >= 4 is 5.95 Å². The smallest absolute Gasteiger partial charge is 0.244 e. The Morgan fingerprint density at radius 2 is 2.33 bits per heavy atom. The molecule has 0 saturated carbocycles. The SMILES string of the molecule is CNc1nc(C)n(N)n1. The minimum absolute atomic E-state index is 0.551. The third-order valence-corrected chi connectivity index (χ3v) is 1.03. The zero-order valence-corrected chi connectivity index (χ0v) is 5.42. The fourth-order valence-electron chi connectivity index (χ4n) is 0.507. The van der Waals surface area contributed by atoms with Crippen LogP contribution in [0.3, 0.4) is 0 Å². The molecule has 0 saturated heterocycles. The molecular weight excluding hydrogens is 118 g/mol. The first kappa shape index (κ1) is 5.87. The van der Waals surface area contributed by atoms with Crippen LogP contribution < -0.4 is 11.2 Å². The molecular formula is C4H9N5. The van der Waals surface area contributed by atoms with Crippen molar-refractivity contribution in [3.8, 4) is 0 Å². The van der Waals surface area contributed by atoms with E-state index in [0.717, 1.165) is 0 Å². The largest absolute Gasteiger partial charge is 0.356 e. The van der Waals surface area contributed by atoms with Gasteiger partial charge in [0.25, 0.3) is 0 Å². The quantitative estimate of drug-likeness (QED) is 0.491. The topological polar surface area (TPSA) is 68.8 Å². The molecule has 1 heterocycles. The molecule has 0 atom stereocenters. The van der Waals surface area contributed by atoms with Gasteiger partial charge in [-0.1, -0.05) is 0 Å². The molecule has 0 aliphatic heterocycles. The summed E-state index contributed by atoms with van der Waals surface area (Å²) < 4.78 is 0. The lowest BCUT2D eigenvalue weighted by Crippen LogP contribution is -2.11. The zero-order chi connectivity index (χ0) is 6.85. The van der Waals surface area contributed by atoms with E-state index in [9.17, 15) is 0 Å². The van der Waals surface area contributed by atoms with Gasteiger partial charge in [0.05, 0.1) is 0 Å². The highest BCUT2D eigenvalue weighted by Gasteiger charge is 1.97. The molecule has 0 bridgehead atoms. The monoisotopic (exact) mass is 127 g/mol. The number of aryl methyl sites for hydroxylation is 1. The van der Waals surface area contributed by atoms with Crippen LogP contribution in [0.25, 0.3) is 0 Å². The fraction of sp³-hybridized carbons (Fsp3) is 0.500. The van der Waals surface area contributed by atoms with E-state index in [1.165, 1.54) is 4.79 Å². The lowest BCUT2D eigenvalue weighted by molar-refractivity contribution is 0.796. The van der Waals surface area contributed by atoms with Crippen molar-refractivity contribution in [3.05, 3.63) is 5.82 Å². The van der Waals surface area contributed by atoms with E-state index in [1.807, 2.05) is 0 Å². The first-order chi connectivity index (χ1) is 4.24. The minimum atomic E-state index is 0.551. The van der Waals surface area contributed by atoms with Crippen LogP contribution in [0.5, 0.6) is 0 Å². The predicted molar refractivity (Wildman–Crippen MR) is 34.5 cm³/mol. The van der Waals surface area contributed by atoms with E-state index >= 15 is 0 Å². The number of rotatable bonds is 1. The van der Waals surface area contributed by atoms with Crippen LogP contribution in [0, 0.1) is 6.92 Å². The molecule has 1 aromatic rings. The van der Waals surface area contributed by atoms with Gasteiger partial charge in [0, 0.05) is 7.05 Å². The molecule has 0 radical (unpaired) electrons. The predicted octanol–water partition coefficient (Wildman–Crippen LogP) is -0.658. The second-order valence-corrected chi connectivity index (χ2v) is 1.68. The van der Waals surface area contributed by atoms with Gasteiger partial charge in [0.1, 0.15) is 5.82 Å². The Labute approximate surface area is 52.8 Å². The molecule has 50 valence electrons. The van der Waals surface area contributed by atoms with Gasteiger partial charge in [0.15, 0.2) is 0 Å². The first-order valence-electron chi connectivity index (χ1n) is 2.60. The number of aromatic nitrogens is 3. The molecule has 5 heteroatoms. The van der Waals surface area contributed by atoms with Crippen molar-refractivity contribution in [2.75, 3.05) is 18.2 Å². The minimum Gasteiger partial charge on any atom is -0.356 e. The van der Waals surface area contributed by atoms with Gasteiger partial charge in [-0.2, -0.15) is 9.77 Å². The summed E-state index contributed by atoms with van der Waals surface area (Å²) in [6.45, 7) is 1.79. The molecule has 0 amide bonds. The van der Waals surface area contributed by atoms with E-state index < -0.39 is 0 Å². The lowest BCUT2D eigenvalue weighted by atomic mass is 10.7. The second kappa shape index (κ2) is 1.93. The number of nitrogens with one attached hydrogen (secondary N) is 1. The number of nitrogen functional groups attached to an aromatic ring is 1. The standard InChI is InChI=1S/C4H9N5/c1-3-7-4(6-2)8-9(3)5/h5H2,1-2H3,(H,6,8). The Morgan fingerprint density at radius 3 is 2.56 bits per heavy atom. The highest BCUT2D eigenvalue weighted by atomic mass is 15.5. The summed E-state index contributed by atoms with van der Waals surface area (Å²) in [7, 11) is 1.74. The van der Waals surface area contributed by atoms with E-state index in [1.54, 1.807) is 14.0 Å².